The van der Waals surface area contributed by atoms with Crippen LogP contribution >= 0.6 is 0 Å². The summed E-state index contributed by atoms with van der Waals surface area (Å²) in [6.07, 6.45) is -0.128. The van der Waals surface area contributed by atoms with Gasteiger partial charge in [-0.3, -0.25) is 4.79 Å². The second-order valence-electron chi connectivity index (χ2n) is 5.87. The molecule has 0 saturated heterocycles. The Hall–Kier alpha value is -2.33. The first kappa shape index (κ1) is 21.7. The number of ether oxygens (including phenoxy) is 1. The van der Waals surface area contributed by atoms with E-state index >= 15 is 0 Å². The molecule has 1 amide bonds. The molecule has 0 spiro atoms. The zero-order valence-corrected chi connectivity index (χ0v) is 15.9. The minimum Gasteiger partial charge on any atom is -0.504 e. The fourth-order valence-corrected chi connectivity index (χ4v) is 2.88. The molecule has 9 nitrogen and oxygen atoms in total. The van der Waals surface area contributed by atoms with Gasteiger partial charge in [-0.1, -0.05) is 19.9 Å². The maximum absolute atomic E-state index is 12.1. The van der Waals surface area contributed by atoms with Gasteiger partial charge in [0.2, 0.25) is 10.0 Å². The van der Waals surface area contributed by atoms with Crippen molar-refractivity contribution in [2.24, 2.45) is 5.92 Å². The predicted octanol–water partition coefficient (Wildman–Crippen LogP) is 0.482. The number of methoxy groups -OCH3 is 1. The lowest BCUT2D eigenvalue weighted by atomic mass is 10.1. The second-order valence-corrected chi connectivity index (χ2v) is 7.91. The number of benzene rings is 1. The van der Waals surface area contributed by atoms with Crippen LogP contribution in [-0.4, -0.2) is 44.3 Å². The Morgan fingerprint density at radius 2 is 1.92 bits per heavy atom. The van der Waals surface area contributed by atoms with Gasteiger partial charge in [-0.05, 0) is 30.5 Å². The van der Waals surface area contributed by atoms with E-state index in [-0.39, 0.29) is 29.6 Å². The Morgan fingerprint density at radius 1 is 1.27 bits per heavy atom. The molecule has 0 aromatic heterocycles. The van der Waals surface area contributed by atoms with Crippen LogP contribution in [0.1, 0.15) is 26.3 Å². The number of phenols is 1. The van der Waals surface area contributed by atoms with Crippen LogP contribution in [0.5, 0.6) is 11.5 Å². The molecule has 1 unspecified atom stereocenters. The zero-order valence-electron chi connectivity index (χ0n) is 15.1. The third-order valence-electron chi connectivity index (χ3n) is 3.48. The van der Waals surface area contributed by atoms with Gasteiger partial charge in [0, 0.05) is 0 Å². The van der Waals surface area contributed by atoms with Gasteiger partial charge < -0.3 is 14.7 Å². The van der Waals surface area contributed by atoms with Gasteiger partial charge in [-0.25, -0.2) is 17.9 Å². The molecule has 0 radical (unpaired) electrons. The van der Waals surface area contributed by atoms with Crippen molar-refractivity contribution in [3.8, 4) is 11.5 Å². The largest absolute Gasteiger partial charge is 0.504 e. The van der Waals surface area contributed by atoms with Crippen molar-refractivity contribution >= 4 is 21.9 Å². The standard InChI is InChI=1S/C16H24N2O7S/c1-5-26(22,23)18-15(10(2)3)16(21)25-17-14(20)9-11-6-7-12(19)13(8-11)24-4/h6-8,10,15,18-19H,5,9H2,1-4H3,(H,17,20). The highest BCUT2D eigenvalue weighted by molar-refractivity contribution is 7.89. The lowest BCUT2D eigenvalue weighted by molar-refractivity contribution is -0.160. The van der Waals surface area contributed by atoms with Crippen molar-refractivity contribution < 1.29 is 32.7 Å². The summed E-state index contributed by atoms with van der Waals surface area (Å²) in [5.41, 5.74) is 2.52. The number of nitrogens with one attached hydrogen (secondary N) is 2. The van der Waals surface area contributed by atoms with E-state index in [0.29, 0.717) is 5.56 Å². The summed E-state index contributed by atoms with van der Waals surface area (Å²) in [6, 6.07) is 3.25. The second kappa shape index (κ2) is 9.39. The Balaban J connectivity index is 2.66. The van der Waals surface area contributed by atoms with Gasteiger partial charge in [-0.15, -0.1) is 0 Å². The number of carbonyl (C=O) groups excluding carboxylic acids is 2. The summed E-state index contributed by atoms with van der Waals surface area (Å²) < 4.78 is 30.5. The highest BCUT2D eigenvalue weighted by Gasteiger charge is 2.28. The third-order valence-corrected chi connectivity index (χ3v) is 4.85. The molecule has 0 aliphatic carbocycles. The number of carbonyl (C=O) groups is 2. The Labute approximate surface area is 152 Å². The highest BCUT2D eigenvalue weighted by Crippen LogP contribution is 2.26. The number of hydroxylamine groups is 1. The molecule has 0 fully saturated rings. The molecule has 1 aromatic rings. The van der Waals surface area contributed by atoms with Crippen molar-refractivity contribution in [1.82, 2.24) is 10.2 Å². The number of phenolic OH excluding ortho intramolecular Hbond substituents is 1. The average molecular weight is 388 g/mol. The zero-order chi connectivity index (χ0) is 19.9. The van der Waals surface area contributed by atoms with Crippen molar-refractivity contribution in [2.75, 3.05) is 12.9 Å². The Kier molecular flexibility index (Phi) is 7.84. The van der Waals surface area contributed by atoms with Crippen LogP contribution in [0.3, 0.4) is 0 Å². The highest BCUT2D eigenvalue weighted by atomic mass is 32.2. The normalized spacial score (nSPS) is 12.5. The number of rotatable bonds is 8. The SMILES string of the molecule is CCS(=O)(=O)NC(C(=O)ONC(=O)Cc1ccc(O)c(OC)c1)C(C)C. The molecule has 146 valence electrons. The third kappa shape index (κ3) is 6.52. The van der Waals surface area contributed by atoms with Crippen molar-refractivity contribution in [1.29, 1.82) is 0 Å². The van der Waals surface area contributed by atoms with Gasteiger partial charge in [0.15, 0.2) is 11.5 Å². The van der Waals surface area contributed by atoms with Crippen LogP contribution in [0.15, 0.2) is 18.2 Å². The molecule has 3 N–H and O–H groups in total. The van der Waals surface area contributed by atoms with Crippen LogP contribution < -0.4 is 14.9 Å². The molecule has 0 aliphatic rings. The molecular formula is C16H24N2O7S. The van der Waals surface area contributed by atoms with Gasteiger partial charge in [0.05, 0.1) is 19.3 Å². The smallest absolute Gasteiger partial charge is 0.350 e. The molecule has 10 heteroatoms. The maximum atomic E-state index is 12.1. The average Bonchev–Trinajstić information content (AvgIpc) is 2.59. The Bertz CT molecular complexity index is 747. The van der Waals surface area contributed by atoms with Crippen LogP contribution in [-0.2, 0) is 30.9 Å². The number of aromatic hydroxyl groups is 1. The minimum absolute atomic E-state index is 0.0638. The molecule has 0 bridgehead atoms. The predicted molar refractivity (Wildman–Crippen MR) is 93.8 cm³/mol. The number of amides is 1. The quantitative estimate of drug-likeness (QED) is 0.552. The van der Waals surface area contributed by atoms with Crippen LogP contribution in [0.25, 0.3) is 0 Å². The summed E-state index contributed by atoms with van der Waals surface area (Å²) in [6.45, 7) is 4.74. The molecular weight excluding hydrogens is 364 g/mol. The maximum Gasteiger partial charge on any atom is 0.350 e. The van der Waals surface area contributed by atoms with Gasteiger partial charge in [0.1, 0.15) is 6.04 Å². The molecule has 0 aliphatic heterocycles. The fraction of sp³-hybridized carbons (Fsp3) is 0.500. The topological polar surface area (TPSA) is 131 Å². The number of sulfonamides is 1. The van der Waals surface area contributed by atoms with E-state index in [9.17, 15) is 23.1 Å². The monoisotopic (exact) mass is 388 g/mol. The lowest BCUT2D eigenvalue weighted by Crippen LogP contribution is -2.47. The fourth-order valence-electron chi connectivity index (χ4n) is 1.96. The molecule has 1 atom stereocenters. The van der Waals surface area contributed by atoms with Gasteiger partial charge >= 0.3 is 5.97 Å². The van der Waals surface area contributed by atoms with E-state index in [0.717, 1.165) is 0 Å². The molecule has 0 saturated carbocycles. The van der Waals surface area contributed by atoms with E-state index < -0.39 is 27.9 Å². The number of hydrogen-bond donors (Lipinski definition) is 3. The van der Waals surface area contributed by atoms with Crippen LogP contribution in [0, 0.1) is 5.92 Å². The van der Waals surface area contributed by atoms with E-state index in [4.69, 9.17) is 9.57 Å². The van der Waals surface area contributed by atoms with Crippen molar-refractivity contribution in [2.45, 2.75) is 33.2 Å². The van der Waals surface area contributed by atoms with E-state index in [1.807, 2.05) is 5.48 Å². The van der Waals surface area contributed by atoms with E-state index in [1.165, 1.54) is 32.2 Å². The summed E-state index contributed by atoms with van der Waals surface area (Å²) in [5.74, 6) is -1.94. The lowest BCUT2D eigenvalue weighted by Gasteiger charge is -2.20. The van der Waals surface area contributed by atoms with Gasteiger partial charge in [-0.2, -0.15) is 5.48 Å². The minimum atomic E-state index is -3.61. The number of hydrogen-bond acceptors (Lipinski definition) is 7. The molecule has 1 aromatic carbocycles. The van der Waals surface area contributed by atoms with E-state index in [1.54, 1.807) is 13.8 Å². The summed E-state index contributed by atoms with van der Waals surface area (Å²) in [5, 5.41) is 9.52. The summed E-state index contributed by atoms with van der Waals surface area (Å²) in [7, 11) is -2.23. The van der Waals surface area contributed by atoms with E-state index in [2.05, 4.69) is 4.72 Å². The molecule has 0 heterocycles. The Morgan fingerprint density at radius 3 is 2.46 bits per heavy atom. The first-order valence-electron chi connectivity index (χ1n) is 7.95. The first-order valence-corrected chi connectivity index (χ1v) is 9.60. The molecule has 1 rings (SSSR count). The summed E-state index contributed by atoms with van der Waals surface area (Å²) in [4.78, 5) is 28.7. The first-order chi connectivity index (χ1) is 12.1. The van der Waals surface area contributed by atoms with Crippen LogP contribution in [0.2, 0.25) is 0 Å². The van der Waals surface area contributed by atoms with Crippen LogP contribution in [0.4, 0.5) is 0 Å². The van der Waals surface area contributed by atoms with Crippen molar-refractivity contribution in [3.05, 3.63) is 23.8 Å². The van der Waals surface area contributed by atoms with Gasteiger partial charge in [0.25, 0.3) is 5.91 Å². The van der Waals surface area contributed by atoms with Crippen molar-refractivity contribution in [3.63, 3.8) is 0 Å². The molecule has 26 heavy (non-hydrogen) atoms. The summed E-state index contributed by atoms with van der Waals surface area (Å²) >= 11 is 0.